The Balaban J connectivity index is 1.42. The fourth-order valence-corrected chi connectivity index (χ4v) is 4.81. The molecule has 3 aromatic rings. The van der Waals surface area contributed by atoms with Gasteiger partial charge in [0.05, 0.1) is 25.5 Å². The fraction of sp³-hybridized carbons (Fsp3) is 0.423. The maximum atomic E-state index is 5.58. The van der Waals surface area contributed by atoms with Crippen molar-refractivity contribution in [2.75, 3.05) is 68.7 Å². The molecule has 0 aliphatic carbocycles. The van der Waals surface area contributed by atoms with Crippen LogP contribution in [0.15, 0.2) is 48.7 Å². The van der Waals surface area contributed by atoms with Crippen LogP contribution in [0.4, 0.5) is 29.0 Å². The van der Waals surface area contributed by atoms with Gasteiger partial charge in [0, 0.05) is 61.8 Å². The van der Waals surface area contributed by atoms with E-state index in [-0.39, 0.29) is 5.41 Å². The molecule has 2 aromatic heterocycles. The number of methoxy groups -OCH3 is 1. The Morgan fingerprint density at radius 2 is 1.89 bits per heavy atom. The second kappa shape index (κ2) is 10.2. The molecule has 0 saturated carbocycles. The van der Waals surface area contributed by atoms with Crippen LogP contribution in [0.2, 0.25) is 0 Å². The lowest BCUT2D eigenvalue weighted by molar-refractivity contribution is 0.122. The lowest BCUT2D eigenvalue weighted by atomic mass is 9.87. The number of nitrogens with one attached hydrogen (secondary N) is 2. The van der Waals surface area contributed by atoms with Crippen molar-refractivity contribution in [2.24, 2.45) is 0 Å². The topological polar surface area (TPSA) is 87.7 Å². The van der Waals surface area contributed by atoms with Crippen molar-refractivity contribution >= 4 is 29.0 Å². The van der Waals surface area contributed by atoms with Crippen molar-refractivity contribution in [3.8, 4) is 0 Å². The third-order valence-electron chi connectivity index (χ3n) is 6.57. The van der Waals surface area contributed by atoms with Gasteiger partial charge >= 0.3 is 0 Å². The van der Waals surface area contributed by atoms with Crippen molar-refractivity contribution in [3.63, 3.8) is 0 Å². The molecule has 0 amide bonds. The Hall–Kier alpha value is -3.27. The number of hydrogen-bond donors (Lipinski definition) is 2. The first kappa shape index (κ1) is 23.5. The number of rotatable bonds is 8. The summed E-state index contributed by atoms with van der Waals surface area (Å²) >= 11 is 0. The van der Waals surface area contributed by atoms with Gasteiger partial charge in [-0.25, -0.2) is 9.97 Å². The van der Waals surface area contributed by atoms with E-state index in [9.17, 15) is 0 Å². The summed E-state index contributed by atoms with van der Waals surface area (Å²) < 4.78 is 11.0. The van der Waals surface area contributed by atoms with Gasteiger partial charge in [0.1, 0.15) is 11.6 Å². The Kier molecular flexibility index (Phi) is 6.81. The molecular formula is C26H33N7O2. The number of fused-ring (bicyclic) bond motifs is 1. The van der Waals surface area contributed by atoms with Gasteiger partial charge in [-0.1, -0.05) is 13.0 Å². The highest BCUT2D eigenvalue weighted by Gasteiger charge is 2.42. The molecule has 9 heteroatoms. The lowest BCUT2D eigenvalue weighted by Gasteiger charge is -2.28. The van der Waals surface area contributed by atoms with Crippen LogP contribution in [0.1, 0.15) is 18.2 Å². The van der Waals surface area contributed by atoms with E-state index in [2.05, 4.69) is 56.6 Å². The van der Waals surface area contributed by atoms with Crippen LogP contribution in [0.25, 0.3) is 0 Å². The Labute approximate surface area is 206 Å². The molecule has 0 bridgehead atoms. The fourth-order valence-electron chi connectivity index (χ4n) is 4.81. The normalized spacial score (nSPS) is 19.6. The highest BCUT2D eigenvalue weighted by Crippen LogP contribution is 2.43. The van der Waals surface area contributed by atoms with Crippen LogP contribution in [0, 0.1) is 0 Å². The highest BCUT2D eigenvalue weighted by molar-refractivity contribution is 5.69. The summed E-state index contributed by atoms with van der Waals surface area (Å²) in [5.41, 5.74) is 3.96. The minimum atomic E-state index is -0.233. The van der Waals surface area contributed by atoms with Gasteiger partial charge in [-0.3, -0.25) is 0 Å². The number of morpholine rings is 1. The number of ether oxygens (including phenoxy) is 2. The van der Waals surface area contributed by atoms with E-state index in [1.165, 1.54) is 5.69 Å². The molecule has 2 N–H and O–H groups in total. The highest BCUT2D eigenvalue weighted by atomic mass is 16.5. The second-order valence-corrected chi connectivity index (χ2v) is 9.30. The number of pyridine rings is 1. The number of anilines is 5. The first-order valence-electron chi connectivity index (χ1n) is 12.0. The van der Waals surface area contributed by atoms with Gasteiger partial charge in [0.2, 0.25) is 5.95 Å². The van der Waals surface area contributed by atoms with Crippen LogP contribution in [-0.4, -0.2) is 68.6 Å². The van der Waals surface area contributed by atoms with Crippen LogP contribution < -0.4 is 20.4 Å². The molecular weight excluding hydrogens is 442 g/mol. The quantitative estimate of drug-likeness (QED) is 0.510. The van der Waals surface area contributed by atoms with E-state index in [1.807, 2.05) is 31.4 Å². The van der Waals surface area contributed by atoms with E-state index in [0.29, 0.717) is 19.1 Å². The Bertz CT molecular complexity index is 1150. The van der Waals surface area contributed by atoms with Gasteiger partial charge in [-0.15, -0.1) is 0 Å². The first-order valence-corrected chi connectivity index (χ1v) is 12.0. The molecule has 4 heterocycles. The maximum absolute atomic E-state index is 5.58. The van der Waals surface area contributed by atoms with Gasteiger partial charge in [-0.05, 0) is 43.4 Å². The van der Waals surface area contributed by atoms with E-state index < -0.39 is 0 Å². The van der Waals surface area contributed by atoms with Crippen LogP contribution in [-0.2, 0) is 21.4 Å². The molecule has 184 valence electrons. The summed E-state index contributed by atoms with van der Waals surface area (Å²) in [6, 6.07) is 14.5. The van der Waals surface area contributed by atoms with Gasteiger partial charge in [0.25, 0.3) is 0 Å². The van der Waals surface area contributed by atoms with Gasteiger partial charge < -0.3 is 29.9 Å². The van der Waals surface area contributed by atoms with Crippen molar-refractivity contribution in [3.05, 3.63) is 59.9 Å². The summed E-state index contributed by atoms with van der Waals surface area (Å²) in [4.78, 5) is 19.0. The third-order valence-corrected chi connectivity index (χ3v) is 6.57. The number of nitrogens with zero attached hydrogens (tertiary/aromatic N) is 5. The average Bonchev–Trinajstić information content (AvgIpc) is 3.17. The molecule has 1 atom stereocenters. The Morgan fingerprint density at radius 3 is 2.63 bits per heavy atom. The minimum Gasteiger partial charge on any atom is -0.384 e. The van der Waals surface area contributed by atoms with Gasteiger partial charge in [-0.2, -0.15) is 4.98 Å². The molecule has 0 radical (unpaired) electrons. The molecule has 0 unspecified atom stereocenters. The summed E-state index contributed by atoms with van der Waals surface area (Å²) in [6.07, 6.45) is 1.92. The summed E-state index contributed by atoms with van der Waals surface area (Å²) in [6.45, 7) is 7.57. The van der Waals surface area contributed by atoms with Gasteiger partial charge in [0.15, 0.2) is 0 Å². The summed E-state index contributed by atoms with van der Waals surface area (Å²) in [7, 11) is 3.66. The van der Waals surface area contributed by atoms with Crippen LogP contribution in [0.5, 0.6) is 0 Å². The summed E-state index contributed by atoms with van der Waals surface area (Å²) in [5.74, 6) is 2.29. The van der Waals surface area contributed by atoms with E-state index in [4.69, 9.17) is 19.4 Å². The van der Waals surface area contributed by atoms with Crippen molar-refractivity contribution in [1.29, 1.82) is 0 Å². The second-order valence-electron chi connectivity index (χ2n) is 9.30. The number of benzene rings is 1. The predicted molar refractivity (Wildman–Crippen MR) is 138 cm³/mol. The van der Waals surface area contributed by atoms with E-state index in [0.717, 1.165) is 61.4 Å². The zero-order chi connectivity index (χ0) is 24.3. The minimum absolute atomic E-state index is 0.233. The molecule has 35 heavy (non-hydrogen) atoms. The standard InChI is InChI=1S/C26H33N7O2/c1-26(18-34-3)17-33(23-6-4-5-20(29-23)15-27-2)24-22(26)16-28-25(31-24)30-19-7-9-21(10-8-19)32-11-13-35-14-12-32/h4-10,16,27H,11-15,17-18H2,1-3H3,(H,28,30,31)/t26-/m0/s1. The molecule has 2 aliphatic rings. The molecule has 2 aliphatic heterocycles. The van der Waals surface area contributed by atoms with Crippen molar-refractivity contribution < 1.29 is 9.47 Å². The van der Waals surface area contributed by atoms with Crippen LogP contribution in [0.3, 0.4) is 0 Å². The lowest BCUT2D eigenvalue weighted by Crippen LogP contribution is -2.36. The number of aromatic nitrogens is 3. The van der Waals surface area contributed by atoms with Crippen molar-refractivity contribution in [1.82, 2.24) is 20.3 Å². The molecule has 1 aromatic carbocycles. The maximum Gasteiger partial charge on any atom is 0.229 e. The first-order chi connectivity index (χ1) is 17.1. The zero-order valence-corrected chi connectivity index (χ0v) is 20.6. The predicted octanol–water partition coefficient (Wildman–Crippen LogP) is 3.23. The van der Waals surface area contributed by atoms with Crippen LogP contribution >= 0.6 is 0 Å². The third kappa shape index (κ3) is 4.93. The molecule has 5 rings (SSSR count). The molecule has 1 saturated heterocycles. The molecule has 9 nitrogen and oxygen atoms in total. The average molecular weight is 476 g/mol. The van der Waals surface area contributed by atoms with E-state index >= 15 is 0 Å². The van der Waals surface area contributed by atoms with E-state index in [1.54, 1.807) is 7.11 Å². The SMILES string of the molecule is CNCc1cccc(N2C[C@@](C)(COC)c3cnc(Nc4ccc(N5CCOCC5)cc4)nc32)n1. The Morgan fingerprint density at radius 1 is 1.09 bits per heavy atom. The molecule has 0 spiro atoms. The largest absolute Gasteiger partial charge is 0.384 e. The smallest absolute Gasteiger partial charge is 0.229 e. The van der Waals surface area contributed by atoms with Crippen molar-refractivity contribution in [2.45, 2.75) is 18.9 Å². The molecule has 1 fully saturated rings. The number of hydrogen-bond acceptors (Lipinski definition) is 9. The summed E-state index contributed by atoms with van der Waals surface area (Å²) in [5, 5.41) is 6.55. The zero-order valence-electron chi connectivity index (χ0n) is 20.6. The monoisotopic (exact) mass is 475 g/mol.